The quantitative estimate of drug-likeness (QED) is 0.803. The molecule has 27 heavy (non-hydrogen) atoms. The molecule has 1 fully saturated rings. The Bertz CT molecular complexity index is 806. The fourth-order valence-electron chi connectivity index (χ4n) is 3.71. The van der Waals surface area contributed by atoms with E-state index in [0.29, 0.717) is 23.3 Å². The van der Waals surface area contributed by atoms with Gasteiger partial charge in [-0.3, -0.25) is 9.78 Å². The molecule has 0 radical (unpaired) electrons. The number of hydrogen-bond acceptors (Lipinski definition) is 4. The zero-order chi connectivity index (χ0) is 18.6. The Morgan fingerprint density at radius 1 is 1.22 bits per heavy atom. The molecule has 0 spiro atoms. The maximum absolute atomic E-state index is 12.8. The van der Waals surface area contributed by atoms with Crippen molar-refractivity contribution in [2.75, 3.05) is 19.7 Å². The number of nitrogens with zero attached hydrogens (tertiary/aromatic N) is 2. The second-order valence-corrected chi connectivity index (χ2v) is 7.55. The van der Waals surface area contributed by atoms with Gasteiger partial charge in [0.2, 0.25) is 0 Å². The van der Waals surface area contributed by atoms with Crippen molar-refractivity contribution in [3.63, 3.8) is 0 Å². The first-order valence-electron chi connectivity index (χ1n) is 9.46. The number of amides is 1. The van der Waals surface area contributed by atoms with Gasteiger partial charge in [0.1, 0.15) is 16.5 Å². The molecule has 1 amide bonds. The van der Waals surface area contributed by atoms with Crippen molar-refractivity contribution in [2.24, 2.45) is 5.92 Å². The summed E-state index contributed by atoms with van der Waals surface area (Å²) in [6.45, 7) is 2.11. The van der Waals surface area contributed by atoms with Crippen LogP contribution in [0.15, 0.2) is 42.7 Å². The molecule has 1 atom stereocenters. The third kappa shape index (κ3) is 4.19. The van der Waals surface area contributed by atoms with Crippen molar-refractivity contribution >= 4 is 17.5 Å². The van der Waals surface area contributed by atoms with E-state index in [1.54, 1.807) is 18.5 Å². The van der Waals surface area contributed by atoms with Crippen LogP contribution >= 0.6 is 11.6 Å². The number of pyridine rings is 1. The molecule has 0 saturated carbocycles. The number of hydrogen-bond donors (Lipinski definition) is 0. The van der Waals surface area contributed by atoms with Gasteiger partial charge in [-0.15, -0.1) is 0 Å². The summed E-state index contributed by atoms with van der Waals surface area (Å²) >= 11 is 6.07. The van der Waals surface area contributed by atoms with Crippen molar-refractivity contribution in [3.05, 3.63) is 53.3 Å². The monoisotopic (exact) mass is 386 g/mol. The molecule has 142 valence electrons. The van der Waals surface area contributed by atoms with E-state index >= 15 is 0 Å². The highest BCUT2D eigenvalue weighted by Crippen LogP contribution is 2.29. The van der Waals surface area contributed by atoms with E-state index in [4.69, 9.17) is 21.1 Å². The van der Waals surface area contributed by atoms with E-state index in [0.717, 1.165) is 44.5 Å². The minimum absolute atomic E-state index is 0.112. The minimum Gasteiger partial charge on any atom is -0.492 e. The summed E-state index contributed by atoms with van der Waals surface area (Å²) in [6, 6.07) is 9.75. The summed E-state index contributed by atoms with van der Waals surface area (Å²) in [6.07, 6.45) is 6.40. The van der Waals surface area contributed by atoms with Gasteiger partial charge in [0.25, 0.3) is 5.91 Å². The molecule has 2 aromatic rings. The Morgan fingerprint density at radius 3 is 2.85 bits per heavy atom. The van der Waals surface area contributed by atoms with Crippen LogP contribution in [0.3, 0.4) is 0 Å². The van der Waals surface area contributed by atoms with E-state index in [1.165, 1.54) is 5.56 Å². The van der Waals surface area contributed by atoms with E-state index in [2.05, 4.69) is 11.1 Å². The van der Waals surface area contributed by atoms with Crippen LogP contribution < -0.4 is 9.47 Å². The van der Waals surface area contributed by atoms with Crippen LogP contribution in [0.2, 0.25) is 5.02 Å². The number of carbonyl (C=O) groups is 1. The topological polar surface area (TPSA) is 51.7 Å². The number of rotatable bonds is 4. The largest absolute Gasteiger partial charge is 0.492 e. The summed E-state index contributed by atoms with van der Waals surface area (Å²) in [5, 5.41) is 0.528. The smallest absolute Gasteiger partial charge is 0.263 e. The average Bonchev–Trinajstić information content (AvgIpc) is 2.73. The van der Waals surface area contributed by atoms with Gasteiger partial charge in [-0.2, -0.15) is 0 Å². The van der Waals surface area contributed by atoms with Gasteiger partial charge in [0.15, 0.2) is 6.10 Å². The lowest BCUT2D eigenvalue weighted by atomic mass is 9.96. The van der Waals surface area contributed by atoms with Gasteiger partial charge >= 0.3 is 0 Å². The van der Waals surface area contributed by atoms with Crippen LogP contribution in [0, 0.1) is 5.92 Å². The first-order valence-corrected chi connectivity index (χ1v) is 9.84. The lowest BCUT2D eigenvalue weighted by Crippen LogP contribution is -2.47. The SMILES string of the molecule is O=C(C1CCc2ccccc2O1)N1CCC(COc2ccncc2Cl)CC1. The lowest BCUT2D eigenvalue weighted by Gasteiger charge is -2.35. The number of para-hydroxylation sites is 1. The fourth-order valence-corrected chi connectivity index (χ4v) is 3.88. The number of aromatic nitrogens is 1. The molecule has 0 aliphatic carbocycles. The summed E-state index contributed by atoms with van der Waals surface area (Å²) in [5.41, 5.74) is 1.19. The molecule has 4 rings (SSSR count). The molecule has 1 unspecified atom stereocenters. The molecule has 2 aliphatic heterocycles. The molecular weight excluding hydrogens is 364 g/mol. The minimum atomic E-state index is -0.358. The number of benzene rings is 1. The van der Waals surface area contributed by atoms with Gasteiger partial charge in [-0.25, -0.2) is 0 Å². The number of halogens is 1. The molecule has 5 nitrogen and oxygen atoms in total. The molecule has 0 N–H and O–H groups in total. The second kappa shape index (κ2) is 8.17. The Morgan fingerprint density at radius 2 is 2.04 bits per heavy atom. The average molecular weight is 387 g/mol. The second-order valence-electron chi connectivity index (χ2n) is 7.14. The van der Waals surface area contributed by atoms with Gasteiger partial charge in [0.05, 0.1) is 6.61 Å². The molecule has 3 heterocycles. The highest BCUT2D eigenvalue weighted by atomic mass is 35.5. The van der Waals surface area contributed by atoms with Crippen LogP contribution in [0.4, 0.5) is 0 Å². The third-order valence-corrected chi connectivity index (χ3v) is 5.61. The summed E-state index contributed by atoms with van der Waals surface area (Å²) < 4.78 is 11.8. The first-order chi connectivity index (χ1) is 13.2. The molecule has 6 heteroatoms. The first kappa shape index (κ1) is 18.1. The summed E-state index contributed by atoms with van der Waals surface area (Å²) in [7, 11) is 0. The zero-order valence-electron chi connectivity index (χ0n) is 15.1. The molecule has 0 bridgehead atoms. The predicted molar refractivity (Wildman–Crippen MR) is 103 cm³/mol. The highest BCUT2D eigenvalue weighted by Gasteiger charge is 2.32. The summed E-state index contributed by atoms with van der Waals surface area (Å²) in [5.74, 6) is 2.05. The van der Waals surface area contributed by atoms with Gasteiger partial charge in [-0.1, -0.05) is 29.8 Å². The fraction of sp³-hybridized carbons (Fsp3) is 0.429. The van der Waals surface area contributed by atoms with Gasteiger partial charge in [-0.05, 0) is 43.2 Å². The van der Waals surface area contributed by atoms with Crippen molar-refractivity contribution < 1.29 is 14.3 Å². The van der Waals surface area contributed by atoms with Crippen LogP contribution in [-0.4, -0.2) is 41.6 Å². The van der Waals surface area contributed by atoms with Crippen LogP contribution in [0.25, 0.3) is 0 Å². The Labute approximate surface area is 164 Å². The standard InChI is InChI=1S/C21H23ClN2O3/c22-17-13-23-10-7-19(17)26-14-15-8-11-24(12-9-15)21(25)20-6-5-16-3-1-2-4-18(16)27-20/h1-4,7,10,13,15,20H,5-6,8-9,11-12,14H2. The molecular formula is C21H23ClN2O3. The number of carbonyl (C=O) groups excluding carboxylic acids is 1. The number of piperidine rings is 1. The van der Waals surface area contributed by atoms with E-state index in [-0.39, 0.29) is 12.0 Å². The van der Waals surface area contributed by atoms with Crippen LogP contribution in [0.5, 0.6) is 11.5 Å². The predicted octanol–water partition coefficient (Wildman–Crippen LogP) is 3.75. The zero-order valence-corrected chi connectivity index (χ0v) is 15.9. The summed E-state index contributed by atoms with van der Waals surface area (Å²) in [4.78, 5) is 18.7. The van der Waals surface area contributed by atoms with Crippen molar-refractivity contribution in [1.29, 1.82) is 0 Å². The van der Waals surface area contributed by atoms with Crippen LogP contribution in [-0.2, 0) is 11.2 Å². The molecule has 1 aromatic heterocycles. The Hall–Kier alpha value is -2.27. The maximum Gasteiger partial charge on any atom is 0.263 e. The van der Waals surface area contributed by atoms with Gasteiger partial charge < -0.3 is 14.4 Å². The van der Waals surface area contributed by atoms with E-state index in [9.17, 15) is 4.79 Å². The maximum atomic E-state index is 12.8. The highest BCUT2D eigenvalue weighted by molar-refractivity contribution is 6.31. The Balaban J connectivity index is 1.27. The third-order valence-electron chi connectivity index (χ3n) is 5.33. The van der Waals surface area contributed by atoms with E-state index < -0.39 is 0 Å². The number of ether oxygens (including phenoxy) is 2. The molecule has 1 saturated heterocycles. The molecule has 1 aromatic carbocycles. The number of aryl methyl sites for hydroxylation is 1. The van der Waals surface area contributed by atoms with Crippen LogP contribution in [0.1, 0.15) is 24.8 Å². The lowest BCUT2D eigenvalue weighted by molar-refractivity contribution is -0.141. The molecule has 2 aliphatic rings. The number of likely N-dealkylation sites (tertiary alicyclic amines) is 1. The van der Waals surface area contributed by atoms with E-state index in [1.807, 2.05) is 23.1 Å². The van der Waals surface area contributed by atoms with Crippen molar-refractivity contribution in [3.8, 4) is 11.5 Å². The number of fused-ring (bicyclic) bond motifs is 1. The van der Waals surface area contributed by atoms with Gasteiger partial charge in [0, 0.05) is 31.5 Å². The normalized spacial score (nSPS) is 19.9. The van der Waals surface area contributed by atoms with Crippen molar-refractivity contribution in [1.82, 2.24) is 9.88 Å². The Kier molecular flexibility index (Phi) is 5.48. The van der Waals surface area contributed by atoms with Crippen molar-refractivity contribution in [2.45, 2.75) is 31.8 Å².